The summed E-state index contributed by atoms with van der Waals surface area (Å²) in [5.74, 6) is -6.21. The van der Waals surface area contributed by atoms with Crippen LogP contribution in [-0.2, 0) is 14.3 Å². The number of alkyl halides is 6. The summed E-state index contributed by atoms with van der Waals surface area (Å²) in [6, 6.07) is 3.37. The zero-order valence-electron chi connectivity index (χ0n) is 20.4. The number of ether oxygens (including phenoxy) is 1. The fourth-order valence-electron chi connectivity index (χ4n) is 3.44. The number of halogens is 6. The van der Waals surface area contributed by atoms with Gasteiger partial charge in [0.25, 0.3) is 0 Å². The quantitative estimate of drug-likeness (QED) is 0.478. The number of rotatable bonds is 8. The van der Waals surface area contributed by atoms with E-state index in [0.717, 1.165) is 13.0 Å². The lowest BCUT2D eigenvalue weighted by Crippen LogP contribution is -2.50. The first-order valence-electron chi connectivity index (χ1n) is 11.0. The third kappa shape index (κ3) is 10.1. The fraction of sp³-hybridized carbons (Fsp3) is 0.591. The number of aliphatic carboxylic acids is 1. The van der Waals surface area contributed by atoms with Crippen LogP contribution in [0.3, 0.4) is 0 Å². The summed E-state index contributed by atoms with van der Waals surface area (Å²) in [5.41, 5.74) is -0.0426. The summed E-state index contributed by atoms with van der Waals surface area (Å²) in [5, 5.41) is 16.7. The van der Waals surface area contributed by atoms with Crippen LogP contribution in [0.1, 0.15) is 29.6 Å². The minimum absolute atomic E-state index is 0.198. The van der Waals surface area contributed by atoms with Crippen molar-refractivity contribution < 1.29 is 55.7 Å². The maximum atomic E-state index is 13.4. The van der Waals surface area contributed by atoms with Gasteiger partial charge in [0.1, 0.15) is 0 Å². The highest BCUT2D eigenvalue weighted by molar-refractivity contribution is 6.05. The Morgan fingerprint density at radius 1 is 0.946 bits per heavy atom. The maximum Gasteiger partial charge on any atom is 0.490 e. The van der Waals surface area contributed by atoms with E-state index in [1.165, 1.54) is 12.1 Å². The number of carboxylic acids is 2. The van der Waals surface area contributed by atoms with Crippen LogP contribution in [0.2, 0.25) is 0 Å². The van der Waals surface area contributed by atoms with Crippen LogP contribution in [0.5, 0.6) is 0 Å². The number of aromatic carboxylic acids is 1. The second-order valence-electron chi connectivity index (χ2n) is 8.40. The summed E-state index contributed by atoms with van der Waals surface area (Å²) >= 11 is 0. The Bertz CT molecular complexity index is 932. The van der Waals surface area contributed by atoms with Crippen LogP contribution in [0.15, 0.2) is 18.2 Å². The number of amides is 1. The third-order valence-corrected chi connectivity index (χ3v) is 5.27. The average molecular weight is 545 g/mol. The Kier molecular flexibility index (Phi) is 11.6. The second-order valence-corrected chi connectivity index (χ2v) is 8.40. The molecule has 1 aliphatic heterocycles. The van der Waals surface area contributed by atoms with E-state index in [9.17, 15) is 41.0 Å². The third-order valence-electron chi connectivity index (χ3n) is 5.27. The van der Waals surface area contributed by atoms with Gasteiger partial charge in [0.2, 0.25) is 0 Å². The number of benzene rings is 1. The highest BCUT2D eigenvalue weighted by atomic mass is 19.4. The molecule has 1 saturated heterocycles. The van der Waals surface area contributed by atoms with Gasteiger partial charge < -0.3 is 29.6 Å². The Morgan fingerprint density at radius 3 is 1.92 bits per heavy atom. The molecular formula is C22H29F6N3O6. The smallest absolute Gasteiger partial charge is 0.478 e. The predicted octanol–water partition coefficient (Wildman–Crippen LogP) is 3.48. The van der Waals surface area contributed by atoms with Crippen molar-refractivity contribution in [3.8, 4) is 0 Å². The van der Waals surface area contributed by atoms with Gasteiger partial charge in [-0.05, 0) is 58.1 Å². The van der Waals surface area contributed by atoms with Crippen molar-refractivity contribution in [3.05, 3.63) is 23.8 Å². The summed E-state index contributed by atoms with van der Waals surface area (Å²) in [6.45, 7) is 1.86. The van der Waals surface area contributed by atoms with Gasteiger partial charge in [-0.15, -0.1) is 0 Å². The van der Waals surface area contributed by atoms with Crippen molar-refractivity contribution in [3.63, 3.8) is 0 Å². The lowest BCUT2D eigenvalue weighted by Gasteiger charge is -2.36. The lowest BCUT2D eigenvalue weighted by atomic mass is 10.0. The molecule has 15 heteroatoms. The van der Waals surface area contributed by atoms with Crippen molar-refractivity contribution in [2.24, 2.45) is 0 Å². The van der Waals surface area contributed by atoms with E-state index >= 15 is 0 Å². The molecule has 2 rings (SSSR count). The zero-order chi connectivity index (χ0) is 28.6. The number of nitrogens with zero attached hydrogens (tertiary/aromatic N) is 3. The van der Waals surface area contributed by atoms with E-state index in [4.69, 9.17) is 14.6 Å². The summed E-state index contributed by atoms with van der Waals surface area (Å²) in [7, 11) is 5.65. The number of carbonyl (C=O) groups excluding carboxylic acids is 1. The first-order chi connectivity index (χ1) is 17.0. The van der Waals surface area contributed by atoms with E-state index in [-0.39, 0.29) is 37.3 Å². The number of hydrogen-bond acceptors (Lipinski definition) is 6. The standard InChI is InChI=1S/C20H28F3N3O4.C2HF3O2/c1-24(2)9-4-10-25(3)15-5-6-16(18(27)28)17(13-15)26(19(29)20(21,22)23)14-7-11-30-12-8-14;3-2(4,5)1(6)7/h5-6,13-14H,4,7-12H2,1-3H3,(H,27,28);(H,6,7). The average Bonchev–Trinajstić information content (AvgIpc) is 2.78. The van der Waals surface area contributed by atoms with Crippen LogP contribution < -0.4 is 9.80 Å². The molecule has 0 spiro atoms. The van der Waals surface area contributed by atoms with Gasteiger partial charge in [0, 0.05) is 38.5 Å². The maximum absolute atomic E-state index is 13.4. The summed E-state index contributed by atoms with van der Waals surface area (Å²) in [4.78, 5) is 37.4. The SMILES string of the molecule is CN(C)CCCN(C)c1ccc(C(=O)O)c(N(C(=O)C(F)(F)F)C2CCOCC2)c1.O=C(O)C(F)(F)F. The van der Waals surface area contributed by atoms with E-state index in [1.807, 2.05) is 23.9 Å². The van der Waals surface area contributed by atoms with E-state index < -0.39 is 36.2 Å². The van der Waals surface area contributed by atoms with Gasteiger partial charge in [-0.3, -0.25) is 4.79 Å². The molecule has 1 aliphatic rings. The number of anilines is 2. The van der Waals surface area contributed by atoms with Crippen LogP contribution in [0, 0.1) is 0 Å². The molecule has 37 heavy (non-hydrogen) atoms. The minimum Gasteiger partial charge on any atom is -0.478 e. The van der Waals surface area contributed by atoms with Crippen LogP contribution in [0.25, 0.3) is 0 Å². The predicted molar refractivity (Wildman–Crippen MR) is 121 cm³/mol. The molecule has 0 radical (unpaired) electrons. The van der Waals surface area contributed by atoms with Gasteiger partial charge >= 0.3 is 30.2 Å². The molecule has 1 fully saturated rings. The molecule has 0 aromatic heterocycles. The van der Waals surface area contributed by atoms with Crippen LogP contribution in [0.4, 0.5) is 37.7 Å². The molecule has 0 unspecified atom stereocenters. The molecule has 210 valence electrons. The minimum atomic E-state index is -5.12. The van der Waals surface area contributed by atoms with Crippen molar-refractivity contribution in [2.45, 2.75) is 37.7 Å². The highest BCUT2D eigenvalue weighted by Crippen LogP contribution is 2.34. The van der Waals surface area contributed by atoms with Crippen LogP contribution in [-0.4, -0.2) is 98.8 Å². The first kappa shape index (κ1) is 32.0. The summed E-state index contributed by atoms with van der Waals surface area (Å²) in [6.07, 6.45) is -9.00. The van der Waals surface area contributed by atoms with E-state index in [0.29, 0.717) is 17.1 Å². The Hall–Kier alpha value is -3.07. The topological polar surface area (TPSA) is 111 Å². The molecule has 0 atom stereocenters. The molecule has 2 N–H and O–H groups in total. The molecule has 1 heterocycles. The van der Waals surface area contributed by atoms with Gasteiger partial charge in [-0.1, -0.05) is 0 Å². The fourth-order valence-corrected chi connectivity index (χ4v) is 3.44. The van der Waals surface area contributed by atoms with Gasteiger partial charge in [-0.25, -0.2) is 9.59 Å². The van der Waals surface area contributed by atoms with E-state index in [2.05, 4.69) is 0 Å². The van der Waals surface area contributed by atoms with Gasteiger partial charge in [0.15, 0.2) is 0 Å². The molecule has 1 aromatic carbocycles. The Balaban J connectivity index is 0.000000856. The molecule has 1 amide bonds. The van der Waals surface area contributed by atoms with Gasteiger partial charge in [0.05, 0.1) is 11.3 Å². The molecule has 0 aliphatic carbocycles. The molecular weight excluding hydrogens is 516 g/mol. The number of carboxylic acid groups (broad SMARTS) is 2. The Morgan fingerprint density at radius 2 is 1.49 bits per heavy atom. The van der Waals surface area contributed by atoms with Crippen molar-refractivity contribution in [1.82, 2.24) is 4.90 Å². The molecule has 9 nitrogen and oxygen atoms in total. The van der Waals surface area contributed by atoms with E-state index in [1.54, 1.807) is 13.1 Å². The van der Waals surface area contributed by atoms with Crippen molar-refractivity contribution in [2.75, 3.05) is 57.2 Å². The van der Waals surface area contributed by atoms with Crippen LogP contribution >= 0.6 is 0 Å². The van der Waals surface area contributed by atoms with Crippen molar-refractivity contribution in [1.29, 1.82) is 0 Å². The largest absolute Gasteiger partial charge is 0.490 e. The molecule has 0 saturated carbocycles. The van der Waals surface area contributed by atoms with Gasteiger partial charge in [-0.2, -0.15) is 26.3 Å². The highest BCUT2D eigenvalue weighted by Gasteiger charge is 2.46. The van der Waals surface area contributed by atoms with Crippen molar-refractivity contribution >= 4 is 29.2 Å². The second kappa shape index (κ2) is 13.5. The zero-order valence-corrected chi connectivity index (χ0v) is 20.4. The Labute approximate surface area is 209 Å². The summed E-state index contributed by atoms with van der Waals surface area (Å²) < 4.78 is 77.1. The lowest BCUT2D eigenvalue weighted by molar-refractivity contribution is -0.192. The number of hydrogen-bond donors (Lipinski definition) is 2. The monoisotopic (exact) mass is 545 g/mol. The first-order valence-corrected chi connectivity index (χ1v) is 11.0. The molecule has 1 aromatic rings. The number of carbonyl (C=O) groups is 3. The molecule has 0 bridgehead atoms. The normalized spacial score (nSPS) is 14.5.